The minimum atomic E-state index is 0.592. The molecule has 26 heavy (non-hydrogen) atoms. The summed E-state index contributed by atoms with van der Waals surface area (Å²) < 4.78 is 0. The van der Waals surface area contributed by atoms with Gasteiger partial charge in [-0.15, -0.1) is 0 Å². The van der Waals surface area contributed by atoms with Gasteiger partial charge in [0.25, 0.3) is 0 Å². The molecule has 0 radical (unpaired) electrons. The van der Waals surface area contributed by atoms with Crippen molar-refractivity contribution in [2.45, 2.75) is 33.1 Å². The first-order chi connectivity index (χ1) is 12.7. The lowest BCUT2D eigenvalue weighted by molar-refractivity contribution is 0.690. The Kier molecular flexibility index (Phi) is 3.60. The molecular weight excluding hydrogens is 312 g/mol. The van der Waals surface area contributed by atoms with Gasteiger partial charge in [-0.3, -0.25) is 0 Å². The Morgan fingerprint density at radius 1 is 0.962 bits per heavy atom. The van der Waals surface area contributed by atoms with Crippen LogP contribution in [0.25, 0.3) is 16.3 Å². The zero-order chi connectivity index (χ0) is 17.7. The lowest BCUT2D eigenvalue weighted by Gasteiger charge is -2.36. The Hall–Kier alpha value is -2.60. The van der Waals surface area contributed by atoms with Gasteiger partial charge in [-0.1, -0.05) is 66.3 Å². The van der Waals surface area contributed by atoms with Crippen molar-refractivity contribution in [1.29, 1.82) is 0 Å². The third-order valence-electron chi connectivity index (χ3n) is 6.34. The van der Waals surface area contributed by atoms with Crippen LogP contribution in [0, 0.1) is 5.92 Å². The van der Waals surface area contributed by atoms with E-state index in [4.69, 9.17) is 0 Å². The maximum Gasteiger partial charge on any atom is 0.00888 e. The molecule has 0 fully saturated rings. The van der Waals surface area contributed by atoms with Gasteiger partial charge in [-0.05, 0) is 83.4 Å². The molecule has 0 heterocycles. The molecule has 0 saturated carbocycles. The fourth-order valence-electron chi connectivity index (χ4n) is 4.97. The maximum atomic E-state index is 2.46. The van der Waals surface area contributed by atoms with Crippen LogP contribution in [0.3, 0.4) is 0 Å². The fraction of sp³-hybridized carbons (Fsp3) is 0.231. The van der Waals surface area contributed by atoms with Crippen LogP contribution in [-0.2, 0) is 0 Å². The molecule has 1 unspecified atom stereocenters. The van der Waals surface area contributed by atoms with Gasteiger partial charge in [0.1, 0.15) is 0 Å². The molecule has 0 spiro atoms. The topological polar surface area (TPSA) is 0 Å². The Morgan fingerprint density at radius 3 is 2.69 bits per heavy atom. The second-order valence-electron chi connectivity index (χ2n) is 7.72. The van der Waals surface area contributed by atoms with Crippen molar-refractivity contribution in [1.82, 2.24) is 0 Å². The van der Waals surface area contributed by atoms with Crippen LogP contribution in [-0.4, -0.2) is 0 Å². The number of benzene rings is 2. The molecule has 0 heteroatoms. The summed E-state index contributed by atoms with van der Waals surface area (Å²) in [7, 11) is 0. The highest BCUT2D eigenvalue weighted by molar-refractivity contribution is 5.93. The zero-order valence-electron chi connectivity index (χ0n) is 15.5. The van der Waals surface area contributed by atoms with Crippen molar-refractivity contribution >= 4 is 16.3 Å². The minimum Gasteiger partial charge on any atom is -0.0836 e. The standard InChI is InChI=1S/C26H24/c1-17-22-10-5-6-11-23(22)18(2)26-24(17)12-7-13-25(26)21-15-14-19-8-3-4-9-20(19)16-21/h3-6,8-9,11,13-16,22H,7,10,12H2,1-2H3. The maximum absolute atomic E-state index is 2.46. The average Bonchev–Trinajstić information content (AvgIpc) is 2.71. The van der Waals surface area contributed by atoms with E-state index in [1.807, 2.05) is 0 Å². The second kappa shape index (κ2) is 5.99. The molecule has 5 rings (SSSR count). The van der Waals surface area contributed by atoms with Gasteiger partial charge < -0.3 is 0 Å². The largest absolute Gasteiger partial charge is 0.0836 e. The molecule has 0 saturated heterocycles. The van der Waals surface area contributed by atoms with E-state index in [-0.39, 0.29) is 0 Å². The van der Waals surface area contributed by atoms with Crippen LogP contribution in [0.2, 0.25) is 0 Å². The van der Waals surface area contributed by atoms with Crippen molar-refractivity contribution < 1.29 is 0 Å². The number of fused-ring (bicyclic) bond motifs is 3. The molecule has 0 bridgehead atoms. The van der Waals surface area contributed by atoms with Gasteiger partial charge in [0.05, 0.1) is 0 Å². The van der Waals surface area contributed by atoms with Crippen molar-refractivity contribution in [2.75, 3.05) is 0 Å². The number of rotatable bonds is 1. The van der Waals surface area contributed by atoms with Gasteiger partial charge in [0, 0.05) is 5.92 Å². The highest BCUT2D eigenvalue weighted by atomic mass is 14.4. The van der Waals surface area contributed by atoms with E-state index in [0.717, 1.165) is 12.8 Å². The molecule has 3 aliphatic carbocycles. The Bertz CT molecular complexity index is 1070. The SMILES string of the molecule is CC1=C2C(c3ccc4ccccc4c3)=CCCC2=C(C)C2CC=CC=C12. The molecule has 3 aliphatic rings. The number of hydrogen-bond acceptors (Lipinski definition) is 0. The van der Waals surface area contributed by atoms with Gasteiger partial charge >= 0.3 is 0 Å². The van der Waals surface area contributed by atoms with E-state index >= 15 is 0 Å². The monoisotopic (exact) mass is 336 g/mol. The summed E-state index contributed by atoms with van der Waals surface area (Å²) in [5.74, 6) is 0.592. The molecule has 0 nitrogen and oxygen atoms in total. The van der Waals surface area contributed by atoms with Crippen molar-refractivity contribution in [3.05, 3.63) is 100 Å². The molecule has 2 aromatic carbocycles. The van der Waals surface area contributed by atoms with E-state index in [1.54, 1.807) is 11.1 Å². The first-order valence-electron chi connectivity index (χ1n) is 9.72. The molecule has 128 valence electrons. The van der Waals surface area contributed by atoms with E-state index in [0.29, 0.717) is 5.92 Å². The summed E-state index contributed by atoms with van der Waals surface area (Å²) in [6.45, 7) is 4.70. The minimum absolute atomic E-state index is 0.592. The van der Waals surface area contributed by atoms with E-state index < -0.39 is 0 Å². The van der Waals surface area contributed by atoms with Crippen molar-refractivity contribution in [3.8, 4) is 0 Å². The lowest BCUT2D eigenvalue weighted by atomic mass is 9.68. The summed E-state index contributed by atoms with van der Waals surface area (Å²) in [6.07, 6.45) is 12.8. The number of hydrogen-bond donors (Lipinski definition) is 0. The predicted molar refractivity (Wildman–Crippen MR) is 112 cm³/mol. The van der Waals surface area contributed by atoms with Gasteiger partial charge in [-0.2, -0.15) is 0 Å². The van der Waals surface area contributed by atoms with Crippen LogP contribution >= 0.6 is 0 Å². The lowest BCUT2D eigenvalue weighted by Crippen LogP contribution is -2.19. The van der Waals surface area contributed by atoms with Crippen LogP contribution in [0.1, 0.15) is 38.7 Å². The third kappa shape index (κ3) is 2.29. The van der Waals surface area contributed by atoms with E-state index in [1.165, 1.54) is 45.0 Å². The van der Waals surface area contributed by atoms with Crippen LogP contribution < -0.4 is 0 Å². The average molecular weight is 336 g/mol. The Labute approximate surface area is 155 Å². The molecule has 0 aliphatic heterocycles. The van der Waals surface area contributed by atoms with Crippen molar-refractivity contribution in [2.24, 2.45) is 5.92 Å². The Balaban J connectivity index is 1.71. The summed E-state index contributed by atoms with van der Waals surface area (Å²) >= 11 is 0. The second-order valence-corrected chi connectivity index (χ2v) is 7.72. The fourth-order valence-corrected chi connectivity index (χ4v) is 4.97. The zero-order valence-corrected chi connectivity index (χ0v) is 15.5. The number of allylic oxidation sites excluding steroid dienone is 10. The summed E-state index contributed by atoms with van der Waals surface area (Å²) in [6, 6.07) is 15.6. The van der Waals surface area contributed by atoms with E-state index in [9.17, 15) is 0 Å². The molecule has 0 N–H and O–H groups in total. The highest BCUT2D eigenvalue weighted by Crippen LogP contribution is 2.49. The Morgan fingerprint density at radius 2 is 1.81 bits per heavy atom. The summed E-state index contributed by atoms with van der Waals surface area (Å²) in [5.41, 5.74) is 10.5. The molecule has 0 amide bonds. The first-order valence-corrected chi connectivity index (χ1v) is 9.72. The summed E-state index contributed by atoms with van der Waals surface area (Å²) in [5, 5.41) is 2.64. The third-order valence-corrected chi connectivity index (χ3v) is 6.34. The molecule has 2 aromatic rings. The first kappa shape index (κ1) is 15.6. The quantitative estimate of drug-likeness (QED) is 0.518. The molecule has 0 aromatic heterocycles. The smallest absolute Gasteiger partial charge is 0.00888 e. The van der Waals surface area contributed by atoms with Gasteiger partial charge in [-0.25, -0.2) is 0 Å². The normalized spacial score (nSPS) is 22.2. The predicted octanol–water partition coefficient (Wildman–Crippen LogP) is 7.17. The van der Waals surface area contributed by atoms with Gasteiger partial charge in [0.2, 0.25) is 0 Å². The molecular formula is C26H24. The van der Waals surface area contributed by atoms with Crippen LogP contribution in [0.4, 0.5) is 0 Å². The van der Waals surface area contributed by atoms with Crippen LogP contribution in [0.15, 0.2) is 94.6 Å². The molecule has 1 atom stereocenters. The summed E-state index contributed by atoms with van der Waals surface area (Å²) in [4.78, 5) is 0. The van der Waals surface area contributed by atoms with Crippen LogP contribution in [0.5, 0.6) is 0 Å². The van der Waals surface area contributed by atoms with Crippen molar-refractivity contribution in [3.63, 3.8) is 0 Å². The van der Waals surface area contributed by atoms with Gasteiger partial charge in [0.15, 0.2) is 0 Å². The van der Waals surface area contributed by atoms with E-state index in [2.05, 4.69) is 80.6 Å². The highest BCUT2D eigenvalue weighted by Gasteiger charge is 2.32.